The van der Waals surface area contributed by atoms with Crippen LogP contribution in [0.5, 0.6) is 5.75 Å². The number of rotatable bonds is 4. The van der Waals surface area contributed by atoms with Gasteiger partial charge in [0.15, 0.2) is 5.78 Å². The van der Waals surface area contributed by atoms with E-state index in [0.29, 0.717) is 35.4 Å². The zero-order chi connectivity index (χ0) is 20.6. The predicted molar refractivity (Wildman–Crippen MR) is 98.7 cm³/mol. The Labute approximate surface area is 162 Å². The maximum atomic E-state index is 13.1. The van der Waals surface area contributed by atoms with Crippen LogP contribution in [0, 0.1) is 5.41 Å². The van der Waals surface area contributed by atoms with Gasteiger partial charge in [-0.3, -0.25) is 4.79 Å². The van der Waals surface area contributed by atoms with E-state index in [1.807, 2.05) is 13.8 Å². The summed E-state index contributed by atoms with van der Waals surface area (Å²) in [6.45, 7) is 2.68. The molecule has 0 unspecified atom stereocenters. The Bertz CT molecular complexity index is 886. The standard InChI is InChI=1S/C21H23F2NO4/c1-11-16(19(26)27-4)17(12-7-5-6-8-15(12)28-20(22)23)18-13(24-11)9-21(2,3)10-14(18)25/h5-8,17,20,24H,9-10H2,1-4H3/t17-/m1/s1. The molecular weight excluding hydrogens is 368 g/mol. The molecule has 1 aliphatic heterocycles. The van der Waals surface area contributed by atoms with Gasteiger partial charge in [-0.2, -0.15) is 8.78 Å². The molecular formula is C21H23F2NO4. The van der Waals surface area contributed by atoms with E-state index < -0.39 is 18.5 Å². The monoisotopic (exact) mass is 391 g/mol. The van der Waals surface area contributed by atoms with Gasteiger partial charge in [0.1, 0.15) is 5.75 Å². The number of dihydropyridines is 1. The second-order valence-corrected chi connectivity index (χ2v) is 7.84. The van der Waals surface area contributed by atoms with Crippen LogP contribution in [-0.4, -0.2) is 25.5 Å². The van der Waals surface area contributed by atoms with E-state index in [4.69, 9.17) is 4.74 Å². The Morgan fingerprint density at radius 3 is 2.57 bits per heavy atom. The number of para-hydroxylation sites is 1. The molecule has 0 radical (unpaired) electrons. The van der Waals surface area contributed by atoms with Gasteiger partial charge in [0, 0.05) is 29.0 Å². The molecule has 1 aromatic rings. The highest BCUT2D eigenvalue weighted by molar-refractivity contribution is 6.04. The number of Topliss-reactive ketones (excluding diaryl/α,β-unsaturated/α-hetero) is 1. The van der Waals surface area contributed by atoms with Gasteiger partial charge in [0.25, 0.3) is 0 Å². The molecule has 1 N–H and O–H groups in total. The average Bonchev–Trinajstić information content (AvgIpc) is 2.59. The van der Waals surface area contributed by atoms with Crippen LogP contribution >= 0.6 is 0 Å². The van der Waals surface area contributed by atoms with Gasteiger partial charge in [-0.25, -0.2) is 4.79 Å². The van der Waals surface area contributed by atoms with Crippen LogP contribution in [0.4, 0.5) is 8.78 Å². The van der Waals surface area contributed by atoms with Crippen molar-refractivity contribution in [3.63, 3.8) is 0 Å². The van der Waals surface area contributed by atoms with Gasteiger partial charge in [0.05, 0.1) is 18.6 Å². The second kappa shape index (κ2) is 7.37. The number of alkyl halides is 2. The Morgan fingerprint density at radius 2 is 1.93 bits per heavy atom. The molecule has 0 spiro atoms. The summed E-state index contributed by atoms with van der Waals surface area (Å²) in [6, 6.07) is 6.24. The number of carbonyl (C=O) groups excluding carboxylic acids is 2. The molecule has 5 nitrogen and oxygen atoms in total. The van der Waals surface area contributed by atoms with Gasteiger partial charge in [0.2, 0.25) is 0 Å². The molecule has 3 rings (SSSR count). The smallest absolute Gasteiger partial charge is 0.387 e. The molecule has 1 aromatic carbocycles. The van der Waals surface area contributed by atoms with Gasteiger partial charge in [-0.05, 0) is 24.8 Å². The van der Waals surface area contributed by atoms with E-state index in [0.717, 1.165) is 0 Å². The highest BCUT2D eigenvalue weighted by atomic mass is 19.3. The maximum Gasteiger partial charge on any atom is 0.387 e. The molecule has 28 heavy (non-hydrogen) atoms. The van der Waals surface area contributed by atoms with Crippen molar-refractivity contribution in [1.29, 1.82) is 0 Å². The molecule has 0 saturated carbocycles. The lowest BCUT2D eigenvalue weighted by atomic mass is 9.68. The first-order chi connectivity index (χ1) is 13.1. The van der Waals surface area contributed by atoms with Crippen LogP contribution in [-0.2, 0) is 14.3 Å². The van der Waals surface area contributed by atoms with E-state index in [1.54, 1.807) is 25.1 Å². The molecule has 1 aliphatic carbocycles. The fourth-order valence-electron chi connectivity index (χ4n) is 4.05. The number of ketones is 1. The van der Waals surface area contributed by atoms with E-state index in [-0.39, 0.29) is 22.5 Å². The first-order valence-electron chi connectivity index (χ1n) is 9.00. The summed E-state index contributed by atoms with van der Waals surface area (Å²) in [5.74, 6) is -1.64. The third-order valence-electron chi connectivity index (χ3n) is 5.09. The number of hydrogen-bond donors (Lipinski definition) is 1. The van der Waals surface area contributed by atoms with E-state index in [1.165, 1.54) is 13.2 Å². The highest BCUT2D eigenvalue weighted by Crippen LogP contribution is 2.48. The summed E-state index contributed by atoms with van der Waals surface area (Å²) < 4.78 is 35.5. The Morgan fingerprint density at radius 1 is 1.25 bits per heavy atom. The number of ether oxygens (including phenoxy) is 2. The summed E-state index contributed by atoms with van der Waals surface area (Å²) >= 11 is 0. The summed E-state index contributed by atoms with van der Waals surface area (Å²) in [7, 11) is 1.25. The summed E-state index contributed by atoms with van der Waals surface area (Å²) in [6.07, 6.45) is 0.906. The van der Waals surface area contributed by atoms with E-state index in [2.05, 4.69) is 10.1 Å². The van der Waals surface area contributed by atoms with Crippen LogP contribution in [0.1, 0.15) is 45.1 Å². The summed E-state index contributed by atoms with van der Waals surface area (Å²) in [5, 5.41) is 3.18. The number of esters is 1. The van der Waals surface area contributed by atoms with Crippen LogP contribution in [0.15, 0.2) is 46.8 Å². The number of carbonyl (C=O) groups is 2. The van der Waals surface area contributed by atoms with Gasteiger partial charge in [-0.1, -0.05) is 32.0 Å². The average molecular weight is 391 g/mol. The van der Waals surface area contributed by atoms with Crippen molar-refractivity contribution in [2.24, 2.45) is 5.41 Å². The van der Waals surface area contributed by atoms with Crippen molar-refractivity contribution in [3.05, 3.63) is 52.4 Å². The van der Waals surface area contributed by atoms with E-state index >= 15 is 0 Å². The molecule has 1 atom stereocenters. The Balaban J connectivity index is 2.23. The van der Waals surface area contributed by atoms with Crippen molar-refractivity contribution in [2.45, 2.75) is 46.1 Å². The third-order valence-corrected chi connectivity index (χ3v) is 5.09. The Hall–Kier alpha value is -2.70. The van der Waals surface area contributed by atoms with Crippen LogP contribution < -0.4 is 10.1 Å². The van der Waals surface area contributed by atoms with E-state index in [9.17, 15) is 18.4 Å². The van der Waals surface area contributed by atoms with Crippen molar-refractivity contribution in [3.8, 4) is 5.75 Å². The lowest BCUT2D eigenvalue weighted by molar-refractivity contribution is -0.136. The quantitative estimate of drug-likeness (QED) is 0.784. The number of hydrogen-bond acceptors (Lipinski definition) is 5. The molecule has 0 bridgehead atoms. The second-order valence-electron chi connectivity index (χ2n) is 7.84. The zero-order valence-electron chi connectivity index (χ0n) is 16.3. The van der Waals surface area contributed by atoms with Crippen LogP contribution in [0.2, 0.25) is 0 Å². The van der Waals surface area contributed by atoms with Gasteiger partial charge >= 0.3 is 12.6 Å². The summed E-state index contributed by atoms with van der Waals surface area (Å²) in [5.41, 5.74) is 1.98. The molecule has 0 fully saturated rings. The minimum absolute atomic E-state index is 0.0666. The molecule has 0 amide bonds. The number of allylic oxidation sites excluding steroid dienone is 3. The third kappa shape index (κ3) is 3.66. The topological polar surface area (TPSA) is 64.6 Å². The minimum Gasteiger partial charge on any atom is -0.466 e. The number of halogens is 2. The van der Waals surface area contributed by atoms with Crippen molar-refractivity contribution >= 4 is 11.8 Å². The van der Waals surface area contributed by atoms with Gasteiger partial charge in [-0.15, -0.1) is 0 Å². The molecule has 0 aromatic heterocycles. The van der Waals surface area contributed by atoms with Crippen molar-refractivity contribution in [2.75, 3.05) is 7.11 Å². The predicted octanol–water partition coefficient (Wildman–Crippen LogP) is 4.07. The molecule has 150 valence electrons. The number of methoxy groups -OCH3 is 1. The lowest BCUT2D eigenvalue weighted by Crippen LogP contribution is -2.38. The largest absolute Gasteiger partial charge is 0.466 e. The molecule has 1 heterocycles. The first kappa shape index (κ1) is 20.0. The fraction of sp³-hybridized carbons (Fsp3) is 0.429. The number of benzene rings is 1. The Kier molecular flexibility index (Phi) is 5.28. The van der Waals surface area contributed by atoms with Crippen molar-refractivity contribution in [1.82, 2.24) is 5.32 Å². The molecule has 7 heteroatoms. The first-order valence-corrected chi connectivity index (χ1v) is 9.00. The normalized spacial score (nSPS) is 21.4. The fourth-order valence-corrected chi connectivity index (χ4v) is 4.05. The SMILES string of the molecule is COC(=O)C1=C(C)NC2=C(C(=O)CC(C)(C)C2)[C@@H]1c1ccccc1OC(F)F. The van der Waals surface area contributed by atoms with Crippen molar-refractivity contribution < 1.29 is 27.8 Å². The maximum absolute atomic E-state index is 13.1. The minimum atomic E-state index is -3.02. The zero-order valence-corrected chi connectivity index (χ0v) is 16.3. The van der Waals surface area contributed by atoms with Crippen LogP contribution in [0.3, 0.4) is 0 Å². The lowest BCUT2D eigenvalue weighted by Gasteiger charge is -2.39. The van der Waals surface area contributed by atoms with Gasteiger partial charge < -0.3 is 14.8 Å². The van der Waals surface area contributed by atoms with Crippen LogP contribution in [0.25, 0.3) is 0 Å². The number of nitrogens with one attached hydrogen (secondary N) is 1. The molecule has 2 aliphatic rings. The molecule has 0 saturated heterocycles. The highest BCUT2D eigenvalue weighted by Gasteiger charge is 2.43. The summed E-state index contributed by atoms with van der Waals surface area (Å²) in [4.78, 5) is 25.6.